The van der Waals surface area contributed by atoms with E-state index in [1.165, 1.54) is 0 Å². The Kier molecular flexibility index (Phi) is 9.78. The van der Waals surface area contributed by atoms with Crippen molar-refractivity contribution in [3.63, 3.8) is 0 Å². The summed E-state index contributed by atoms with van der Waals surface area (Å²) in [6, 6.07) is 27.2. The fourth-order valence-electron chi connectivity index (χ4n) is 5.99. The lowest BCUT2D eigenvalue weighted by molar-refractivity contribution is -0.132. The first-order chi connectivity index (χ1) is 21.2. The average molecular weight is 613 g/mol. The lowest BCUT2D eigenvalue weighted by Crippen LogP contribution is -2.53. The maximum absolute atomic E-state index is 14.1. The number of sulfonamides is 1. The Morgan fingerprint density at radius 1 is 0.886 bits per heavy atom. The number of likely N-dealkylation sites (tertiary alicyclic amines) is 1. The van der Waals surface area contributed by atoms with E-state index in [-0.39, 0.29) is 35.2 Å². The summed E-state index contributed by atoms with van der Waals surface area (Å²) in [6.07, 6.45) is 1.28. The van der Waals surface area contributed by atoms with Crippen LogP contribution >= 0.6 is 0 Å². The van der Waals surface area contributed by atoms with Crippen LogP contribution < -0.4 is 14.9 Å². The molecule has 2 amide bonds. The predicted octanol–water partition coefficient (Wildman–Crippen LogP) is 5.64. The van der Waals surface area contributed by atoms with Gasteiger partial charge >= 0.3 is 0 Å². The molecule has 2 N–H and O–H groups in total. The number of hydrogen-bond donors (Lipinski definition) is 2. The minimum Gasteiger partial charge on any atom is -0.341 e. The monoisotopic (exact) mass is 612 g/mol. The van der Waals surface area contributed by atoms with Crippen molar-refractivity contribution in [2.24, 2.45) is 5.92 Å². The molecule has 2 unspecified atom stereocenters. The van der Waals surface area contributed by atoms with Gasteiger partial charge in [0.05, 0.1) is 17.1 Å². The van der Waals surface area contributed by atoms with Crippen LogP contribution in [0.4, 0.5) is 11.4 Å². The van der Waals surface area contributed by atoms with Crippen LogP contribution in [-0.4, -0.2) is 57.4 Å². The molecule has 1 aliphatic rings. The number of para-hydroxylation sites is 1. The van der Waals surface area contributed by atoms with Crippen molar-refractivity contribution in [1.29, 1.82) is 0 Å². The molecule has 1 saturated heterocycles. The molecule has 4 aromatic rings. The van der Waals surface area contributed by atoms with Gasteiger partial charge in [-0.05, 0) is 61.7 Å². The first kappa shape index (κ1) is 31.4. The summed E-state index contributed by atoms with van der Waals surface area (Å²) >= 11 is 0. The van der Waals surface area contributed by atoms with E-state index in [2.05, 4.69) is 10.0 Å². The number of piperidine rings is 1. The average Bonchev–Trinajstić information content (AvgIpc) is 3.04. The molecular formula is C35H40N4O4S. The molecule has 0 radical (unpaired) electrons. The number of benzene rings is 4. The smallest absolute Gasteiger partial charge is 0.263 e. The quantitative estimate of drug-likeness (QED) is 0.242. The molecule has 1 aliphatic heterocycles. The lowest BCUT2D eigenvalue weighted by atomic mass is 9.90. The van der Waals surface area contributed by atoms with Gasteiger partial charge in [0.25, 0.3) is 5.91 Å². The minimum atomic E-state index is -3.94. The second-order valence-corrected chi connectivity index (χ2v) is 12.9. The molecule has 1 heterocycles. The maximum atomic E-state index is 14.1. The van der Waals surface area contributed by atoms with Gasteiger partial charge in [-0.3, -0.25) is 14.5 Å². The van der Waals surface area contributed by atoms with Crippen LogP contribution in [0.2, 0.25) is 0 Å². The second-order valence-electron chi connectivity index (χ2n) is 11.2. The highest BCUT2D eigenvalue weighted by molar-refractivity contribution is 7.89. The third kappa shape index (κ3) is 6.55. The number of nitrogens with zero attached hydrogens (tertiary/aromatic N) is 2. The van der Waals surface area contributed by atoms with E-state index < -0.39 is 10.0 Å². The number of nitrogens with one attached hydrogen (secondary N) is 2. The Bertz CT molecular complexity index is 1740. The fourth-order valence-corrected chi connectivity index (χ4v) is 7.55. The molecule has 0 aromatic heterocycles. The number of likely N-dealkylation sites (N-methyl/N-ethyl adjacent to an activating group) is 1. The van der Waals surface area contributed by atoms with Gasteiger partial charge in [0.1, 0.15) is 0 Å². The molecule has 4 aromatic carbocycles. The molecule has 0 saturated carbocycles. The van der Waals surface area contributed by atoms with Crippen molar-refractivity contribution in [2.45, 2.75) is 44.6 Å². The zero-order chi connectivity index (χ0) is 31.3. The number of rotatable bonds is 10. The largest absolute Gasteiger partial charge is 0.341 e. The molecule has 44 heavy (non-hydrogen) atoms. The molecule has 0 aliphatic carbocycles. The van der Waals surface area contributed by atoms with Gasteiger partial charge in [-0.2, -0.15) is 0 Å². The van der Waals surface area contributed by atoms with E-state index in [1.807, 2.05) is 98.5 Å². The van der Waals surface area contributed by atoms with E-state index in [4.69, 9.17) is 0 Å². The topological polar surface area (TPSA) is 98.8 Å². The summed E-state index contributed by atoms with van der Waals surface area (Å²) in [6.45, 7) is 7.91. The van der Waals surface area contributed by atoms with Crippen molar-refractivity contribution < 1.29 is 18.0 Å². The molecule has 0 spiro atoms. The molecule has 8 nitrogen and oxygen atoms in total. The van der Waals surface area contributed by atoms with Gasteiger partial charge in [0, 0.05) is 41.2 Å². The van der Waals surface area contributed by atoms with Gasteiger partial charge in [-0.15, -0.1) is 0 Å². The first-order valence-corrected chi connectivity index (χ1v) is 16.7. The number of aryl methyl sites for hydroxylation is 1. The predicted molar refractivity (Wildman–Crippen MR) is 176 cm³/mol. The second kappa shape index (κ2) is 13.7. The van der Waals surface area contributed by atoms with Gasteiger partial charge < -0.3 is 10.2 Å². The van der Waals surface area contributed by atoms with Gasteiger partial charge in [-0.25, -0.2) is 13.1 Å². The van der Waals surface area contributed by atoms with E-state index in [0.29, 0.717) is 47.2 Å². The third-order valence-electron chi connectivity index (χ3n) is 8.43. The number of carbonyl (C=O) groups is 2. The number of hydrogen-bond acceptors (Lipinski definition) is 5. The van der Waals surface area contributed by atoms with Crippen LogP contribution in [0.5, 0.6) is 0 Å². The van der Waals surface area contributed by atoms with E-state index in [9.17, 15) is 18.0 Å². The Balaban J connectivity index is 1.50. The van der Waals surface area contributed by atoms with Gasteiger partial charge in [-0.1, -0.05) is 80.9 Å². The van der Waals surface area contributed by atoms with Crippen molar-refractivity contribution in [1.82, 2.24) is 14.9 Å². The first-order valence-electron chi connectivity index (χ1n) is 15.2. The fraction of sp³-hybridized carbons (Fsp3) is 0.314. The molecule has 5 rings (SSSR count). The highest BCUT2D eigenvalue weighted by atomic mass is 32.2. The highest BCUT2D eigenvalue weighted by Crippen LogP contribution is 2.37. The number of carbonyl (C=O) groups excluding carboxylic acids is 2. The van der Waals surface area contributed by atoms with Crippen LogP contribution in [-0.2, 0) is 14.8 Å². The molecule has 1 fully saturated rings. The zero-order valence-electron chi connectivity index (χ0n) is 25.5. The summed E-state index contributed by atoms with van der Waals surface area (Å²) in [5, 5.41) is 4.26. The Morgan fingerprint density at radius 2 is 1.57 bits per heavy atom. The summed E-state index contributed by atoms with van der Waals surface area (Å²) in [4.78, 5) is 30.4. The lowest BCUT2D eigenvalue weighted by Gasteiger charge is -2.38. The SMILES string of the molecule is CCNCC(=O)N1CCC(NS(=O)(=O)c2ccc(N(C(=O)c3ccccc3C)c3ccccc3)c3ccccc23)C(CC)C1. The summed E-state index contributed by atoms with van der Waals surface area (Å²) in [5.41, 5.74) is 2.70. The molecular weight excluding hydrogens is 572 g/mol. The van der Waals surface area contributed by atoms with Gasteiger partial charge in [0.2, 0.25) is 15.9 Å². The van der Waals surface area contributed by atoms with Crippen molar-refractivity contribution in [3.8, 4) is 0 Å². The van der Waals surface area contributed by atoms with E-state index in [0.717, 1.165) is 18.5 Å². The zero-order valence-corrected chi connectivity index (χ0v) is 26.3. The molecule has 0 bridgehead atoms. The van der Waals surface area contributed by atoms with Crippen LogP contribution in [0, 0.1) is 12.8 Å². The maximum Gasteiger partial charge on any atom is 0.263 e. The van der Waals surface area contributed by atoms with Crippen LogP contribution in [0.25, 0.3) is 10.8 Å². The summed E-state index contributed by atoms with van der Waals surface area (Å²) in [7, 11) is -3.94. The van der Waals surface area contributed by atoms with Crippen LogP contribution in [0.1, 0.15) is 42.6 Å². The number of amides is 2. The van der Waals surface area contributed by atoms with Crippen LogP contribution in [0.15, 0.2) is 95.9 Å². The van der Waals surface area contributed by atoms with E-state index in [1.54, 1.807) is 23.1 Å². The Morgan fingerprint density at radius 3 is 2.27 bits per heavy atom. The van der Waals surface area contributed by atoms with E-state index >= 15 is 0 Å². The molecule has 230 valence electrons. The Labute approximate surface area is 260 Å². The summed E-state index contributed by atoms with van der Waals surface area (Å²) in [5.74, 6) is -0.166. The van der Waals surface area contributed by atoms with Crippen molar-refractivity contribution >= 4 is 44.0 Å². The van der Waals surface area contributed by atoms with Crippen molar-refractivity contribution in [2.75, 3.05) is 31.1 Å². The van der Waals surface area contributed by atoms with Crippen LogP contribution in [0.3, 0.4) is 0 Å². The highest BCUT2D eigenvalue weighted by Gasteiger charge is 2.34. The number of fused-ring (bicyclic) bond motifs is 1. The minimum absolute atomic E-state index is 0.00468. The summed E-state index contributed by atoms with van der Waals surface area (Å²) < 4.78 is 31.0. The molecule has 9 heteroatoms. The normalized spacial score (nSPS) is 17.0. The van der Waals surface area contributed by atoms with Crippen molar-refractivity contribution in [3.05, 3.63) is 102 Å². The number of anilines is 2. The standard InChI is InChI=1S/C35H40N4O4S/c1-4-26-24-38(34(40)23-36-5-2)22-21-31(26)37-44(42,43)33-20-19-32(29-17-11-12-18-30(29)33)39(27-14-7-6-8-15-27)35(41)28-16-10-9-13-25(28)3/h6-20,26,31,36-37H,4-5,21-24H2,1-3H3. The molecule has 2 atom stereocenters. The Hall–Kier alpha value is -4.05. The van der Waals surface area contributed by atoms with Gasteiger partial charge in [0.15, 0.2) is 0 Å². The third-order valence-corrected chi connectivity index (χ3v) is 9.98.